The summed E-state index contributed by atoms with van der Waals surface area (Å²) in [6, 6.07) is 31.3. The summed E-state index contributed by atoms with van der Waals surface area (Å²) < 4.78 is 12.3. The van der Waals surface area contributed by atoms with Gasteiger partial charge in [-0.2, -0.15) is 0 Å². The van der Waals surface area contributed by atoms with E-state index in [9.17, 15) is 0 Å². The molecule has 6 rings (SSSR count). The number of para-hydroxylation sites is 1. The quantitative estimate of drug-likeness (QED) is 0.216. The molecule has 0 bridgehead atoms. The predicted molar refractivity (Wildman–Crippen MR) is 148 cm³/mol. The van der Waals surface area contributed by atoms with Gasteiger partial charge in [-0.3, -0.25) is 5.41 Å². The first-order valence-electron chi connectivity index (χ1n) is 12.8. The fraction of sp³-hybridized carbons (Fsp3) is 0.219. The van der Waals surface area contributed by atoms with Gasteiger partial charge in [0.25, 0.3) is 0 Å². The Morgan fingerprint density at radius 1 is 0.919 bits per heavy atom. The largest absolute Gasteiger partial charge is 0.493 e. The van der Waals surface area contributed by atoms with Crippen molar-refractivity contribution in [2.45, 2.75) is 31.4 Å². The molecule has 0 saturated heterocycles. The van der Waals surface area contributed by atoms with Gasteiger partial charge in [-0.05, 0) is 65.3 Å². The van der Waals surface area contributed by atoms with Crippen molar-refractivity contribution in [2.24, 2.45) is 11.7 Å². The van der Waals surface area contributed by atoms with Crippen LogP contribution in [0.15, 0.2) is 91.0 Å². The third-order valence-electron chi connectivity index (χ3n) is 7.79. The van der Waals surface area contributed by atoms with Crippen molar-refractivity contribution in [3.8, 4) is 11.5 Å². The van der Waals surface area contributed by atoms with Gasteiger partial charge in [0.05, 0.1) is 13.2 Å². The number of hydrogen-bond donors (Lipinski definition) is 3. The molecule has 1 aliphatic carbocycles. The minimum Gasteiger partial charge on any atom is -0.493 e. The van der Waals surface area contributed by atoms with Crippen LogP contribution in [-0.2, 0) is 13.0 Å². The maximum absolute atomic E-state index is 8.02. The minimum atomic E-state index is 0.0370. The molecule has 0 fully saturated rings. The van der Waals surface area contributed by atoms with Crippen LogP contribution in [0.1, 0.15) is 51.8 Å². The molecule has 0 radical (unpaired) electrons. The number of amidine groups is 1. The van der Waals surface area contributed by atoms with Gasteiger partial charge in [-0.1, -0.05) is 66.7 Å². The lowest BCUT2D eigenvalue weighted by Crippen LogP contribution is -2.36. The van der Waals surface area contributed by atoms with Crippen molar-refractivity contribution >= 4 is 11.5 Å². The highest BCUT2D eigenvalue weighted by Crippen LogP contribution is 2.54. The molecule has 4 aromatic rings. The SMILES string of the molecule is COc1cccc(C2Nc3ccc(C(=N)N)cc3C3c4ccccc4CCC23)c1OCc1ccccc1. The summed E-state index contributed by atoms with van der Waals surface area (Å²) in [5.41, 5.74) is 13.9. The molecule has 0 aromatic heterocycles. The van der Waals surface area contributed by atoms with Crippen molar-refractivity contribution < 1.29 is 9.47 Å². The Balaban J connectivity index is 1.46. The first kappa shape index (κ1) is 23.2. The normalized spacial score (nSPS) is 19.5. The van der Waals surface area contributed by atoms with Gasteiger partial charge in [0.2, 0.25) is 0 Å². The van der Waals surface area contributed by atoms with Crippen molar-refractivity contribution in [2.75, 3.05) is 12.4 Å². The first-order chi connectivity index (χ1) is 18.1. The molecule has 5 heteroatoms. The van der Waals surface area contributed by atoms with Crippen LogP contribution in [0.4, 0.5) is 5.69 Å². The molecule has 4 N–H and O–H groups in total. The van der Waals surface area contributed by atoms with Gasteiger partial charge in [0.1, 0.15) is 12.4 Å². The molecule has 0 spiro atoms. The number of nitrogen functional groups attached to an aromatic ring is 1. The lowest BCUT2D eigenvalue weighted by molar-refractivity contribution is 0.271. The number of nitrogens with one attached hydrogen (secondary N) is 2. The van der Waals surface area contributed by atoms with Gasteiger partial charge in [-0.15, -0.1) is 0 Å². The first-order valence-corrected chi connectivity index (χ1v) is 12.8. The molecule has 4 aromatic carbocycles. The minimum absolute atomic E-state index is 0.0370. The molecular formula is C32H31N3O2. The Morgan fingerprint density at radius 3 is 2.51 bits per heavy atom. The number of fused-ring (bicyclic) bond motifs is 5. The molecule has 3 atom stereocenters. The van der Waals surface area contributed by atoms with Crippen molar-refractivity contribution in [3.63, 3.8) is 0 Å². The topological polar surface area (TPSA) is 80.4 Å². The van der Waals surface area contributed by atoms with E-state index in [1.807, 2.05) is 36.4 Å². The van der Waals surface area contributed by atoms with E-state index < -0.39 is 0 Å². The summed E-state index contributed by atoms with van der Waals surface area (Å²) in [4.78, 5) is 0. The van der Waals surface area contributed by atoms with E-state index >= 15 is 0 Å². The second-order valence-corrected chi connectivity index (χ2v) is 9.87. The zero-order chi connectivity index (χ0) is 25.4. The third-order valence-corrected chi connectivity index (χ3v) is 7.79. The number of nitrogens with two attached hydrogens (primary N) is 1. The number of ether oxygens (including phenoxy) is 2. The Kier molecular flexibility index (Phi) is 6.05. The number of hydrogen-bond acceptors (Lipinski definition) is 4. The van der Waals surface area contributed by atoms with E-state index in [1.54, 1.807) is 7.11 Å². The van der Waals surface area contributed by atoms with Crippen LogP contribution >= 0.6 is 0 Å². The van der Waals surface area contributed by atoms with E-state index in [4.69, 9.17) is 20.6 Å². The number of methoxy groups -OCH3 is 1. The number of benzene rings is 4. The molecule has 1 aliphatic heterocycles. The highest BCUT2D eigenvalue weighted by atomic mass is 16.5. The molecule has 0 saturated carbocycles. The molecule has 0 amide bonds. The van der Waals surface area contributed by atoms with Crippen molar-refractivity contribution in [3.05, 3.63) is 124 Å². The maximum Gasteiger partial charge on any atom is 0.166 e. The Labute approximate surface area is 217 Å². The van der Waals surface area contributed by atoms with E-state index in [0.29, 0.717) is 12.5 Å². The molecule has 37 heavy (non-hydrogen) atoms. The summed E-state index contributed by atoms with van der Waals surface area (Å²) >= 11 is 0. The molecule has 186 valence electrons. The van der Waals surface area contributed by atoms with Crippen LogP contribution in [-0.4, -0.2) is 12.9 Å². The van der Waals surface area contributed by atoms with Crippen LogP contribution in [0.25, 0.3) is 0 Å². The van der Waals surface area contributed by atoms with Crippen LogP contribution < -0.4 is 20.5 Å². The van der Waals surface area contributed by atoms with Crippen LogP contribution in [0.5, 0.6) is 11.5 Å². The van der Waals surface area contributed by atoms with Crippen LogP contribution in [0.2, 0.25) is 0 Å². The zero-order valence-corrected chi connectivity index (χ0v) is 20.9. The highest BCUT2D eigenvalue weighted by molar-refractivity contribution is 5.95. The van der Waals surface area contributed by atoms with Crippen molar-refractivity contribution in [1.82, 2.24) is 0 Å². The summed E-state index contributed by atoms with van der Waals surface area (Å²) in [5.74, 6) is 2.11. The van der Waals surface area contributed by atoms with Crippen LogP contribution in [0.3, 0.4) is 0 Å². The maximum atomic E-state index is 8.02. The number of rotatable bonds is 6. The summed E-state index contributed by atoms with van der Waals surface area (Å²) in [6.07, 6.45) is 2.07. The predicted octanol–water partition coefficient (Wildman–Crippen LogP) is 6.42. The zero-order valence-electron chi connectivity index (χ0n) is 20.9. The summed E-state index contributed by atoms with van der Waals surface area (Å²) in [5, 5.41) is 11.9. The van der Waals surface area contributed by atoms with Gasteiger partial charge >= 0.3 is 0 Å². The number of anilines is 1. The third kappa shape index (κ3) is 4.20. The Bertz CT molecular complexity index is 1450. The van der Waals surface area contributed by atoms with E-state index in [1.165, 1.54) is 16.7 Å². The molecule has 1 heterocycles. The Morgan fingerprint density at radius 2 is 1.70 bits per heavy atom. The highest BCUT2D eigenvalue weighted by Gasteiger charge is 2.42. The molecule has 3 unspecified atom stereocenters. The van der Waals surface area contributed by atoms with E-state index in [0.717, 1.165) is 46.7 Å². The van der Waals surface area contributed by atoms with Crippen molar-refractivity contribution in [1.29, 1.82) is 5.41 Å². The van der Waals surface area contributed by atoms with Crippen LogP contribution in [0, 0.1) is 11.3 Å². The number of aryl methyl sites for hydroxylation is 1. The van der Waals surface area contributed by atoms with Gasteiger partial charge in [0, 0.05) is 22.7 Å². The smallest absolute Gasteiger partial charge is 0.166 e. The molecule has 2 aliphatic rings. The second-order valence-electron chi connectivity index (χ2n) is 9.87. The molecular weight excluding hydrogens is 458 g/mol. The van der Waals surface area contributed by atoms with Gasteiger partial charge < -0.3 is 20.5 Å². The van der Waals surface area contributed by atoms with E-state index in [-0.39, 0.29) is 17.8 Å². The van der Waals surface area contributed by atoms with Gasteiger partial charge in [0.15, 0.2) is 11.5 Å². The summed E-state index contributed by atoms with van der Waals surface area (Å²) in [6.45, 7) is 0.469. The fourth-order valence-electron chi connectivity index (χ4n) is 6.07. The monoisotopic (exact) mass is 489 g/mol. The lowest BCUT2D eigenvalue weighted by Gasteiger charge is -2.45. The average Bonchev–Trinajstić information content (AvgIpc) is 2.95. The average molecular weight is 490 g/mol. The lowest BCUT2D eigenvalue weighted by atomic mass is 9.65. The second kappa shape index (κ2) is 9.66. The van der Waals surface area contributed by atoms with E-state index in [2.05, 4.69) is 59.9 Å². The standard InChI is InChI=1S/C32H31N3O2/c1-36-28-13-7-12-25(31(28)37-19-20-8-3-2-4-9-20)30-24-16-14-21-10-5-6-11-23(21)29(24)26-18-22(32(33)34)15-17-27(26)35-30/h2-13,15,17-18,24,29-30,35H,14,16,19H2,1H3,(H3,33,34). The van der Waals surface area contributed by atoms with Gasteiger partial charge in [-0.25, -0.2) is 0 Å². The fourth-order valence-corrected chi connectivity index (χ4v) is 6.07. The Hall–Kier alpha value is -4.25. The molecule has 5 nitrogen and oxygen atoms in total. The summed E-state index contributed by atoms with van der Waals surface area (Å²) in [7, 11) is 1.70.